The number of likely N-dealkylation sites (tertiary alicyclic amines) is 1. The minimum atomic E-state index is -1.53. The Balaban J connectivity index is 1.53. The van der Waals surface area contributed by atoms with Crippen molar-refractivity contribution in [3.05, 3.63) is 112 Å². The van der Waals surface area contributed by atoms with E-state index in [2.05, 4.69) is 15.9 Å². The van der Waals surface area contributed by atoms with Crippen LogP contribution in [0.25, 0.3) is 5.57 Å². The Morgan fingerprint density at radius 1 is 0.936 bits per heavy atom. The predicted molar refractivity (Wildman–Crippen MR) is 173 cm³/mol. The van der Waals surface area contributed by atoms with Gasteiger partial charge in [0.15, 0.2) is 23.1 Å². The zero-order valence-electron chi connectivity index (χ0n) is 25.5. The van der Waals surface area contributed by atoms with Gasteiger partial charge in [-0.3, -0.25) is 19.2 Å². The second kappa shape index (κ2) is 11.5. The number of ketones is 2. The van der Waals surface area contributed by atoms with Crippen LogP contribution in [0.4, 0.5) is 4.79 Å². The number of imide groups is 3. The van der Waals surface area contributed by atoms with Crippen molar-refractivity contribution < 1.29 is 38.6 Å². The van der Waals surface area contributed by atoms with Crippen LogP contribution >= 0.6 is 15.9 Å². The number of hydrogen-bond donors (Lipinski definition) is 1. The van der Waals surface area contributed by atoms with E-state index in [0.29, 0.717) is 31.6 Å². The summed E-state index contributed by atoms with van der Waals surface area (Å²) in [4.78, 5) is 70.5. The third-order valence-electron chi connectivity index (χ3n) is 10.3. The van der Waals surface area contributed by atoms with Gasteiger partial charge in [-0.15, -0.1) is 0 Å². The van der Waals surface area contributed by atoms with E-state index in [9.17, 15) is 24.3 Å². The number of phenols is 1. The molecule has 1 saturated carbocycles. The lowest BCUT2D eigenvalue weighted by Gasteiger charge is -2.55. The van der Waals surface area contributed by atoms with Gasteiger partial charge in [-0.2, -0.15) is 4.90 Å². The largest absolute Gasteiger partial charge is 0.504 e. The molecule has 4 aliphatic rings. The molecule has 0 bridgehead atoms. The Morgan fingerprint density at radius 3 is 2.28 bits per heavy atom. The van der Waals surface area contributed by atoms with Crippen LogP contribution < -0.4 is 4.74 Å². The summed E-state index contributed by atoms with van der Waals surface area (Å²) in [6.45, 7) is 0. The molecule has 0 spiro atoms. The van der Waals surface area contributed by atoms with E-state index >= 15 is 4.79 Å². The highest BCUT2D eigenvalue weighted by atomic mass is 79.9. The summed E-state index contributed by atoms with van der Waals surface area (Å²) in [7, 11) is 2.52. The molecule has 1 aliphatic heterocycles. The molecule has 47 heavy (non-hydrogen) atoms. The van der Waals surface area contributed by atoms with Gasteiger partial charge >= 0.3 is 6.09 Å². The Hall–Kier alpha value is -4.83. The fraction of sp³-hybridized carbons (Fsp3) is 0.270. The van der Waals surface area contributed by atoms with E-state index in [1.54, 1.807) is 48.5 Å². The number of carbonyl (C=O) groups is 5. The number of halogens is 1. The number of fused-ring (bicyclic) bond motifs is 4. The average molecular weight is 697 g/mol. The number of allylic oxidation sites excluding steroid dienone is 4. The van der Waals surface area contributed by atoms with Gasteiger partial charge in [-0.05, 0) is 48.1 Å². The van der Waals surface area contributed by atoms with Crippen LogP contribution in [0.15, 0.2) is 95.0 Å². The summed E-state index contributed by atoms with van der Waals surface area (Å²) in [5.74, 6) is -6.46. The number of amides is 3. The minimum absolute atomic E-state index is 0.0626. The predicted octanol–water partition coefficient (Wildman–Crippen LogP) is 5.75. The molecule has 0 aromatic heterocycles. The molecule has 3 aromatic rings. The first-order chi connectivity index (χ1) is 22.6. The summed E-state index contributed by atoms with van der Waals surface area (Å²) >= 11 is 3.53. The van der Waals surface area contributed by atoms with Crippen LogP contribution in [0.2, 0.25) is 0 Å². The topological polar surface area (TPSA) is 127 Å². The van der Waals surface area contributed by atoms with Gasteiger partial charge in [0, 0.05) is 27.4 Å². The molecule has 9 nitrogen and oxygen atoms in total. The maximum Gasteiger partial charge on any atom is 0.423 e. The van der Waals surface area contributed by atoms with Gasteiger partial charge in [0.1, 0.15) is 0 Å². The van der Waals surface area contributed by atoms with Crippen molar-refractivity contribution in [1.82, 2.24) is 4.90 Å². The monoisotopic (exact) mass is 695 g/mol. The first kappa shape index (κ1) is 30.8. The van der Waals surface area contributed by atoms with Crippen molar-refractivity contribution in [2.75, 3.05) is 14.2 Å². The fourth-order valence-electron chi connectivity index (χ4n) is 8.46. The zero-order chi connectivity index (χ0) is 33.2. The van der Waals surface area contributed by atoms with Crippen molar-refractivity contribution in [3.8, 4) is 11.5 Å². The van der Waals surface area contributed by atoms with E-state index in [4.69, 9.17) is 9.47 Å². The summed E-state index contributed by atoms with van der Waals surface area (Å²) < 4.78 is 10.9. The Labute approximate surface area is 279 Å². The van der Waals surface area contributed by atoms with Gasteiger partial charge in [-0.25, -0.2) is 4.79 Å². The summed E-state index contributed by atoms with van der Waals surface area (Å²) in [6.07, 6.45) is 2.39. The number of methoxy groups -OCH3 is 2. The van der Waals surface area contributed by atoms with Crippen molar-refractivity contribution in [1.29, 1.82) is 0 Å². The number of ether oxygens (including phenoxy) is 2. The number of phenolic OH excluding ortho intramolecular Hbond substituents is 1. The second-order valence-corrected chi connectivity index (χ2v) is 13.2. The summed E-state index contributed by atoms with van der Waals surface area (Å²) in [5, 5.41) is 11.7. The van der Waals surface area contributed by atoms with Crippen molar-refractivity contribution in [2.24, 2.45) is 23.7 Å². The van der Waals surface area contributed by atoms with E-state index in [1.807, 2.05) is 30.3 Å². The lowest BCUT2D eigenvalue weighted by atomic mass is 9.44. The molecule has 3 amide bonds. The molecule has 1 saturated heterocycles. The molecule has 3 aliphatic carbocycles. The molecular formula is C37H30BrNO8. The maximum absolute atomic E-state index is 15.0. The zero-order valence-corrected chi connectivity index (χ0v) is 27.1. The number of carbonyl (C=O) groups excluding carboxylic acids is 5. The fourth-order valence-corrected chi connectivity index (χ4v) is 8.91. The average Bonchev–Trinajstić information content (AvgIpc) is 3.35. The number of nitrogens with zero attached hydrogens (tertiary/aromatic N) is 1. The first-order valence-electron chi connectivity index (χ1n) is 15.3. The third kappa shape index (κ3) is 4.37. The van der Waals surface area contributed by atoms with E-state index < -0.39 is 52.9 Å². The number of benzene rings is 3. The Kier molecular flexibility index (Phi) is 7.50. The third-order valence-corrected chi connectivity index (χ3v) is 10.8. The Bertz CT molecular complexity index is 1920. The van der Waals surface area contributed by atoms with Gasteiger partial charge < -0.3 is 14.6 Å². The highest BCUT2D eigenvalue weighted by molar-refractivity contribution is 9.10. The van der Waals surface area contributed by atoms with Gasteiger partial charge in [0.05, 0.1) is 31.5 Å². The maximum atomic E-state index is 15.0. The molecule has 0 unspecified atom stereocenters. The molecular weight excluding hydrogens is 666 g/mol. The number of rotatable bonds is 4. The first-order valence-corrected chi connectivity index (χ1v) is 16.1. The lowest BCUT2D eigenvalue weighted by molar-refractivity contribution is -0.138. The smallest absolute Gasteiger partial charge is 0.423 e. The summed E-state index contributed by atoms with van der Waals surface area (Å²) in [5.41, 5.74) is 0.880. The molecule has 1 N–H and O–H groups in total. The Morgan fingerprint density at radius 2 is 1.62 bits per heavy atom. The highest BCUT2D eigenvalue weighted by Gasteiger charge is 2.66. The van der Waals surface area contributed by atoms with Gasteiger partial charge in [-0.1, -0.05) is 88.2 Å². The van der Waals surface area contributed by atoms with Crippen molar-refractivity contribution in [2.45, 2.75) is 24.2 Å². The molecule has 6 atom stereocenters. The van der Waals surface area contributed by atoms with Crippen LogP contribution in [-0.2, 0) is 29.3 Å². The number of hydrogen-bond acceptors (Lipinski definition) is 8. The van der Waals surface area contributed by atoms with Crippen LogP contribution in [0, 0.1) is 23.7 Å². The van der Waals surface area contributed by atoms with Crippen LogP contribution in [-0.4, -0.2) is 53.7 Å². The molecule has 10 heteroatoms. The number of Topliss-reactive ketones (excluding diaryl/α,β-unsaturated/α-hetero) is 1. The van der Waals surface area contributed by atoms with E-state index in [0.717, 1.165) is 7.11 Å². The van der Waals surface area contributed by atoms with E-state index in [-0.39, 0.29) is 41.5 Å². The van der Waals surface area contributed by atoms with Crippen LogP contribution in [0.3, 0.4) is 0 Å². The molecule has 7 rings (SSSR count). The van der Waals surface area contributed by atoms with Crippen LogP contribution in [0.1, 0.15) is 35.4 Å². The van der Waals surface area contributed by atoms with Gasteiger partial charge in [0.2, 0.25) is 11.8 Å². The quantitative estimate of drug-likeness (QED) is 0.270. The molecule has 238 valence electrons. The number of aromatic hydroxyl groups is 1. The van der Waals surface area contributed by atoms with E-state index in [1.165, 1.54) is 13.2 Å². The molecule has 3 aromatic carbocycles. The SMILES string of the molecule is COC(=O)N1C(=O)[C@H]2[C@H](CC=C3[C@H]2C[C@H]2C(=O)C(c4ccccc4)=CC(=O)[C@@]2(c2ccccc2)[C@H]3c2cc(Br)cc(OC)c2O)C1=O. The summed E-state index contributed by atoms with van der Waals surface area (Å²) in [6, 6.07) is 21.3. The minimum Gasteiger partial charge on any atom is -0.504 e. The van der Waals surface area contributed by atoms with Crippen LogP contribution in [0.5, 0.6) is 11.5 Å². The van der Waals surface area contributed by atoms with Crippen molar-refractivity contribution >= 4 is 51.0 Å². The van der Waals surface area contributed by atoms with Gasteiger partial charge in [0.25, 0.3) is 0 Å². The standard InChI is InChI=1S/C37H30BrNO8/c1-46-28-16-21(38)15-26(33(28)42)31-22-13-14-23-30(35(44)39(34(23)43)36(45)47-2)25(22)17-27-32(41)24(19-9-5-3-6-10-19)18-29(40)37(27,31)20-11-7-4-8-12-20/h3-13,15-16,18,23,25,27,30-31,42H,14,17H2,1-2H3/t23-,25+,27-,30-,31+,37-/m0/s1. The molecule has 2 fully saturated rings. The highest BCUT2D eigenvalue weighted by Crippen LogP contribution is 2.65. The second-order valence-electron chi connectivity index (χ2n) is 12.3. The molecule has 1 heterocycles. The lowest BCUT2D eigenvalue weighted by Crippen LogP contribution is -2.58. The molecule has 0 radical (unpaired) electrons. The normalized spacial score (nSPS) is 28.1. The van der Waals surface area contributed by atoms with Crippen molar-refractivity contribution in [3.63, 3.8) is 0 Å².